The van der Waals surface area contributed by atoms with Crippen molar-refractivity contribution in [1.29, 1.82) is 0 Å². The molecule has 0 aliphatic rings. The molecule has 0 saturated carbocycles. The maximum absolute atomic E-state index is 12.7. The number of rotatable bonds is 24. The fourth-order valence-corrected chi connectivity index (χ4v) is 11.2. The first-order chi connectivity index (χ1) is 37.4. The van der Waals surface area contributed by atoms with Crippen molar-refractivity contribution >= 4 is 152 Å². The third-order valence-corrected chi connectivity index (χ3v) is 16.9. The summed E-state index contributed by atoms with van der Waals surface area (Å²) in [6, 6.07) is 8.23. The zero-order chi connectivity index (χ0) is 61.3. The Morgan fingerprint density at radius 2 is 0.633 bits per heavy atom. The molecule has 0 saturated heterocycles. The predicted octanol–water partition coefficient (Wildman–Crippen LogP) is -25.4. The molecule has 0 radical (unpaired) electrons. The molecular formula is C38H32N12Na8O24S8. The van der Waals surface area contributed by atoms with Gasteiger partial charge in [0.2, 0.25) is 35.7 Å². The van der Waals surface area contributed by atoms with Crippen LogP contribution in [-0.4, -0.2) is 172 Å². The minimum Gasteiger partial charge on any atom is -0.748 e. The average molecular weight is 1480 g/mol. The summed E-state index contributed by atoms with van der Waals surface area (Å²) in [5, 5.41) is 9.42. The van der Waals surface area contributed by atoms with E-state index in [2.05, 4.69) is 51.2 Å². The summed E-state index contributed by atoms with van der Waals surface area (Å²) < 4.78 is 287. The minimum atomic E-state index is -5.53. The summed E-state index contributed by atoms with van der Waals surface area (Å²) in [6.07, 6.45) is 1.73. The number of nitrogens with zero attached hydrogens (tertiary/aromatic N) is 8. The second kappa shape index (κ2) is 37.8. The van der Waals surface area contributed by atoms with Crippen LogP contribution in [0.3, 0.4) is 0 Å². The smallest absolute Gasteiger partial charge is 0.748 e. The molecule has 2 heterocycles. The molecule has 2 aromatic heterocycles. The topological polar surface area (TPSA) is 590 Å². The van der Waals surface area contributed by atoms with E-state index >= 15 is 0 Å². The Hall–Kier alpha value is 0.720. The van der Waals surface area contributed by atoms with E-state index in [1.54, 1.807) is 0 Å². The summed E-state index contributed by atoms with van der Waals surface area (Å²) in [5.41, 5.74) is -3.43. The molecule has 36 nitrogen and oxygen atoms in total. The van der Waals surface area contributed by atoms with Crippen LogP contribution in [0.15, 0.2) is 102 Å². The van der Waals surface area contributed by atoms with Crippen molar-refractivity contribution in [2.75, 3.05) is 69.8 Å². The summed E-state index contributed by atoms with van der Waals surface area (Å²) in [5.74, 6) is -6.03. The van der Waals surface area contributed by atoms with Crippen molar-refractivity contribution in [2.24, 2.45) is 0 Å². The van der Waals surface area contributed by atoms with Crippen molar-refractivity contribution in [3.63, 3.8) is 0 Å². The van der Waals surface area contributed by atoms with E-state index < -0.39 is 193 Å². The van der Waals surface area contributed by atoms with E-state index in [-0.39, 0.29) is 248 Å². The molecule has 0 atom stereocenters. The SMILES string of the molecule is CN(CCS(=O)(=O)[O-])c1nc(Nc2ccc(C=Cc3ccc(Nc4nc(Nc5cc(S(=O)(=O)[O-])ccc5S(=O)(=O)[O-])nc(N(C)CCS(=O)(=O)[O-])n4)cc3S(=O)(=O)[O-])c(S(=O)(=O)[O-])c2)nc(Nc2cc(S(=O)(=O)[O-])ccc2S(=O)(=O)[O-])n1.[Na+].[Na+].[Na+].[Na+].[Na+].[Na+].[Na+].[Na+]. The van der Waals surface area contributed by atoms with E-state index in [4.69, 9.17) is 0 Å². The summed E-state index contributed by atoms with van der Waals surface area (Å²) in [7, 11) is -40.0. The van der Waals surface area contributed by atoms with Gasteiger partial charge in [-0.05, 0) is 71.8 Å². The molecule has 0 amide bonds. The Kier molecular flexibility index (Phi) is 39.8. The van der Waals surface area contributed by atoms with Crippen molar-refractivity contribution in [3.8, 4) is 0 Å². The van der Waals surface area contributed by atoms with E-state index in [0.717, 1.165) is 60.3 Å². The fraction of sp³-hybridized carbons (Fsp3) is 0.158. The first-order valence-corrected chi connectivity index (χ1v) is 32.9. The quantitative estimate of drug-likeness (QED) is 0.0248. The molecular weight excluding hydrogens is 1450 g/mol. The summed E-state index contributed by atoms with van der Waals surface area (Å²) >= 11 is 0. The molecule has 4 aromatic carbocycles. The van der Waals surface area contributed by atoms with E-state index in [1.807, 2.05) is 0 Å². The second-order valence-electron chi connectivity index (χ2n) is 16.3. The third kappa shape index (κ3) is 28.9. The molecule has 0 fully saturated rings. The van der Waals surface area contributed by atoms with Gasteiger partial charge >= 0.3 is 236 Å². The van der Waals surface area contributed by atoms with Crippen LogP contribution in [0, 0.1) is 0 Å². The standard InChI is InChI=1S/C38H40N12O24S8.8Na/c1-49(13-15-75(51,52)53)37-45-33(43-35(47-37)41-27-19-25(77(57,58)59)9-11-29(27)79(63,64)65)39-23-7-5-21(31(17-23)81(69,70)71)3-4-22-6-8-24(18-32(22)82(72,73)74)40-34-44-36(48-38(46-34)50(2)14-16-76(54,55)56)42-28-20-26(78(60,61)62)10-12-30(28)80(66,67)68;;;;;;;;/h3-12,17-20H,13-16H2,1-2H3,(H,51,52,53)(H,54,55,56)(H,57,58,59)(H,60,61,62)(H,63,64,65)(H,66,67,68)(H,69,70,71)(H,72,73,74)(H2,39,41,43,45,47)(H2,40,42,44,46,48);;;;;;;;/q;8*+1/p-8. The first-order valence-electron chi connectivity index (χ1n) is 21.3. The Balaban J connectivity index is -0.00000946. The van der Waals surface area contributed by atoms with Crippen molar-refractivity contribution in [3.05, 3.63) is 83.9 Å². The van der Waals surface area contributed by atoms with Gasteiger partial charge in [0.05, 0.1) is 72.5 Å². The van der Waals surface area contributed by atoms with Crippen LogP contribution in [-0.2, 0) is 80.9 Å². The molecule has 4 N–H and O–H groups in total. The average Bonchev–Trinajstić information content (AvgIpc) is 3.32. The van der Waals surface area contributed by atoms with E-state index in [9.17, 15) is 104 Å². The Morgan fingerprint density at radius 3 is 0.889 bits per heavy atom. The number of hydrogen-bond acceptors (Lipinski definition) is 36. The Bertz CT molecular complexity index is 4270. The number of hydrogen-bond donors (Lipinski definition) is 4. The summed E-state index contributed by atoms with van der Waals surface area (Å²) in [4.78, 5) is 19.2. The minimum absolute atomic E-state index is 0. The van der Waals surface area contributed by atoms with Gasteiger partial charge in [0.15, 0.2) is 0 Å². The first kappa shape index (κ1) is 94.9. The van der Waals surface area contributed by atoms with Gasteiger partial charge in [0, 0.05) is 38.6 Å². The van der Waals surface area contributed by atoms with Gasteiger partial charge in [-0.3, -0.25) is 0 Å². The monoisotopic (exact) mass is 1480 g/mol. The van der Waals surface area contributed by atoms with Gasteiger partial charge < -0.3 is 67.5 Å². The van der Waals surface area contributed by atoms with Crippen molar-refractivity contribution < 1.29 is 340 Å². The number of benzene rings is 4. The number of anilines is 10. The summed E-state index contributed by atoms with van der Waals surface area (Å²) in [6.45, 7) is -1.23. The maximum atomic E-state index is 12.7. The second-order valence-corrected chi connectivity index (χ2v) is 27.5. The molecule has 52 heteroatoms. The Labute approximate surface area is 692 Å². The zero-order valence-corrected chi connectivity index (χ0v) is 71.1. The van der Waals surface area contributed by atoms with Gasteiger partial charge in [0.25, 0.3) is 0 Å². The van der Waals surface area contributed by atoms with Crippen LogP contribution in [0.1, 0.15) is 11.1 Å². The molecule has 0 unspecified atom stereocenters. The largest absolute Gasteiger partial charge is 1.00 e. The van der Waals surface area contributed by atoms with Crippen LogP contribution in [0.25, 0.3) is 12.2 Å². The molecule has 444 valence electrons. The predicted molar refractivity (Wildman–Crippen MR) is 271 cm³/mol. The normalized spacial score (nSPS) is 11.8. The molecule has 0 spiro atoms. The van der Waals surface area contributed by atoms with Gasteiger partial charge in [-0.15, -0.1) is 0 Å². The zero-order valence-electron chi connectivity index (χ0n) is 48.6. The van der Waals surface area contributed by atoms with Crippen LogP contribution in [0.4, 0.5) is 58.4 Å². The molecule has 6 aromatic rings. The van der Waals surface area contributed by atoms with Gasteiger partial charge in [-0.2, -0.15) is 29.9 Å². The van der Waals surface area contributed by atoms with Crippen LogP contribution >= 0.6 is 0 Å². The molecule has 90 heavy (non-hydrogen) atoms. The number of aromatic nitrogens is 6. The molecule has 6 rings (SSSR count). The van der Waals surface area contributed by atoms with Crippen LogP contribution in [0.2, 0.25) is 0 Å². The van der Waals surface area contributed by atoms with Crippen LogP contribution < -0.4 is 268 Å². The third-order valence-electron chi connectivity index (χ3n) is 10.3. The molecule has 0 aliphatic carbocycles. The van der Waals surface area contributed by atoms with E-state index in [0.29, 0.717) is 48.5 Å². The molecule has 0 bridgehead atoms. The van der Waals surface area contributed by atoms with Crippen molar-refractivity contribution in [1.82, 2.24) is 29.9 Å². The Morgan fingerprint density at radius 1 is 0.356 bits per heavy atom. The van der Waals surface area contributed by atoms with Gasteiger partial charge in [0.1, 0.15) is 60.7 Å². The van der Waals surface area contributed by atoms with Gasteiger partial charge in [-0.1, -0.05) is 24.3 Å². The van der Waals surface area contributed by atoms with Gasteiger partial charge in [-0.25, -0.2) is 67.3 Å². The van der Waals surface area contributed by atoms with Crippen molar-refractivity contribution in [2.45, 2.75) is 29.4 Å². The van der Waals surface area contributed by atoms with Crippen LogP contribution in [0.5, 0.6) is 0 Å². The maximum Gasteiger partial charge on any atom is 1.00 e. The molecule has 0 aliphatic heterocycles. The van der Waals surface area contributed by atoms with E-state index in [1.165, 1.54) is 0 Å². The fourth-order valence-electron chi connectivity index (χ4n) is 6.56. The number of nitrogens with one attached hydrogen (secondary N) is 4.